The van der Waals surface area contributed by atoms with Gasteiger partial charge in [-0.15, -0.1) is 24.0 Å². The Balaban J connectivity index is 0.00000576. The van der Waals surface area contributed by atoms with E-state index in [0.29, 0.717) is 0 Å². The van der Waals surface area contributed by atoms with Gasteiger partial charge in [-0.2, -0.15) is 0 Å². The molecule has 0 radical (unpaired) electrons. The molecule has 0 unspecified atom stereocenters. The molecule has 0 aromatic rings. The van der Waals surface area contributed by atoms with Gasteiger partial charge in [0.15, 0.2) is 5.96 Å². The summed E-state index contributed by atoms with van der Waals surface area (Å²) in [6, 6.07) is 0. The number of hydrogen-bond acceptors (Lipinski definition) is 4. The Kier molecular flexibility index (Phi) is 16.0. The summed E-state index contributed by atoms with van der Waals surface area (Å²) >= 11 is 0. The molecule has 0 aromatic carbocycles. The average molecular weight is 469 g/mol. The Morgan fingerprint density at radius 1 is 1.20 bits per heavy atom. The van der Waals surface area contributed by atoms with E-state index >= 15 is 0 Å². The van der Waals surface area contributed by atoms with Gasteiger partial charge in [-0.3, -0.25) is 4.99 Å². The monoisotopic (exact) mass is 469 g/mol. The minimum Gasteiger partial charge on any atom is -0.385 e. The van der Waals surface area contributed by atoms with Crippen LogP contribution >= 0.6 is 24.0 Å². The van der Waals surface area contributed by atoms with E-state index in [-0.39, 0.29) is 24.0 Å². The third-order valence-electron chi connectivity index (χ3n) is 4.90. The van der Waals surface area contributed by atoms with Gasteiger partial charge in [-0.05, 0) is 58.3 Å². The molecule has 7 heteroatoms. The van der Waals surface area contributed by atoms with E-state index in [1.165, 1.54) is 38.9 Å². The highest BCUT2D eigenvalue weighted by Crippen LogP contribution is 2.19. The van der Waals surface area contributed by atoms with E-state index in [4.69, 9.17) is 4.74 Å². The molecular formula is C18H40IN5O. The van der Waals surface area contributed by atoms with Crippen LogP contribution in [0.4, 0.5) is 0 Å². The van der Waals surface area contributed by atoms with Gasteiger partial charge in [-0.1, -0.05) is 6.92 Å². The lowest BCUT2D eigenvalue weighted by molar-refractivity contribution is 0.180. The van der Waals surface area contributed by atoms with Crippen LogP contribution in [0.15, 0.2) is 4.99 Å². The molecule has 1 heterocycles. The zero-order chi connectivity index (χ0) is 17.6. The topological polar surface area (TPSA) is 52.1 Å². The number of nitrogens with one attached hydrogen (secondary N) is 2. The lowest BCUT2D eigenvalue weighted by atomic mass is 9.93. The summed E-state index contributed by atoms with van der Waals surface area (Å²) in [6.07, 6.45) is 5.01. The molecule has 0 saturated carbocycles. The molecule has 1 fully saturated rings. The fourth-order valence-corrected chi connectivity index (χ4v) is 3.16. The standard InChI is InChI=1S/C18H39N5O.HI/c1-5-23-13-8-17(9-14-23)7-10-20-18(19-2)21-11-15-22(3)12-6-16-24-4;/h17H,5-16H2,1-4H3,(H2,19,20,21);1H. The predicted octanol–water partition coefficient (Wildman–Crippen LogP) is 1.86. The highest BCUT2D eigenvalue weighted by Gasteiger charge is 2.17. The maximum Gasteiger partial charge on any atom is 0.191 e. The van der Waals surface area contributed by atoms with Crippen molar-refractivity contribution < 1.29 is 4.74 Å². The van der Waals surface area contributed by atoms with Crippen molar-refractivity contribution in [2.75, 3.05) is 73.6 Å². The highest BCUT2D eigenvalue weighted by molar-refractivity contribution is 14.0. The van der Waals surface area contributed by atoms with E-state index < -0.39 is 0 Å². The van der Waals surface area contributed by atoms with Crippen LogP contribution in [0.2, 0.25) is 0 Å². The largest absolute Gasteiger partial charge is 0.385 e. The van der Waals surface area contributed by atoms with Crippen LogP contribution < -0.4 is 10.6 Å². The van der Waals surface area contributed by atoms with Crippen molar-refractivity contribution >= 4 is 29.9 Å². The van der Waals surface area contributed by atoms with Crippen LogP contribution in [-0.4, -0.2) is 89.4 Å². The molecule has 25 heavy (non-hydrogen) atoms. The fraction of sp³-hybridized carbons (Fsp3) is 0.944. The molecule has 1 aliphatic rings. The molecule has 1 saturated heterocycles. The predicted molar refractivity (Wildman–Crippen MR) is 118 cm³/mol. The van der Waals surface area contributed by atoms with Crippen LogP contribution in [0.25, 0.3) is 0 Å². The number of hydrogen-bond donors (Lipinski definition) is 2. The first-order valence-electron chi connectivity index (χ1n) is 9.54. The van der Waals surface area contributed by atoms with E-state index in [1.807, 2.05) is 7.05 Å². The van der Waals surface area contributed by atoms with Gasteiger partial charge in [-0.25, -0.2) is 0 Å². The van der Waals surface area contributed by atoms with Gasteiger partial charge >= 0.3 is 0 Å². The number of piperidine rings is 1. The fourth-order valence-electron chi connectivity index (χ4n) is 3.16. The van der Waals surface area contributed by atoms with Gasteiger partial charge < -0.3 is 25.2 Å². The Morgan fingerprint density at radius 2 is 1.88 bits per heavy atom. The minimum absolute atomic E-state index is 0. The molecule has 6 nitrogen and oxygen atoms in total. The Bertz CT molecular complexity index is 335. The van der Waals surface area contributed by atoms with Crippen LogP contribution in [-0.2, 0) is 4.74 Å². The number of halogens is 1. The number of nitrogens with zero attached hydrogens (tertiary/aromatic N) is 3. The molecule has 0 atom stereocenters. The molecule has 2 N–H and O–H groups in total. The molecule has 0 amide bonds. The maximum absolute atomic E-state index is 5.08. The van der Waals surface area contributed by atoms with Crippen LogP contribution in [0.3, 0.4) is 0 Å². The van der Waals surface area contributed by atoms with Crippen LogP contribution in [0.1, 0.15) is 32.6 Å². The molecular weight excluding hydrogens is 429 g/mol. The number of methoxy groups -OCH3 is 1. The van der Waals surface area contributed by atoms with Gasteiger partial charge in [0.05, 0.1) is 0 Å². The first kappa shape index (κ1) is 24.9. The maximum atomic E-state index is 5.08. The summed E-state index contributed by atoms with van der Waals surface area (Å²) in [6.45, 7) is 10.8. The number of guanidine groups is 1. The normalized spacial score (nSPS) is 16.8. The number of rotatable bonds is 11. The van der Waals surface area contributed by atoms with Gasteiger partial charge in [0, 0.05) is 46.9 Å². The SMILES string of the molecule is CCN1CCC(CCNC(=NC)NCCN(C)CCCOC)CC1.I. The van der Waals surface area contributed by atoms with Crippen molar-refractivity contribution in [3.63, 3.8) is 0 Å². The highest BCUT2D eigenvalue weighted by atomic mass is 127. The third-order valence-corrected chi connectivity index (χ3v) is 4.90. The van der Waals surface area contributed by atoms with E-state index in [2.05, 4.69) is 39.4 Å². The lowest BCUT2D eigenvalue weighted by Gasteiger charge is -2.31. The summed E-state index contributed by atoms with van der Waals surface area (Å²) < 4.78 is 5.08. The smallest absolute Gasteiger partial charge is 0.191 e. The quantitative estimate of drug-likeness (QED) is 0.210. The Morgan fingerprint density at radius 3 is 2.48 bits per heavy atom. The molecule has 1 rings (SSSR count). The van der Waals surface area contributed by atoms with Crippen molar-refractivity contribution in [1.82, 2.24) is 20.4 Å². The molecule has 0 aliphatic carbocycles. The first-order chi connectivity index (χ1) is 11.7. The second-order valence-corrected chi connectivity index (χ2v) is 6.74. The minimum atomic E-state index is 0. The van der Waals surface area contributed by atoms with Crippen molar-refractivity contribution in [1.29, 1.82) is 0 Å². The van der Waals surface area contributed by atoms with E-state index in [0.717, 1.165) is 51.1 Å². The summed E-state index contributed by atoms with van der Waals surface area (Å²) in [5.74, 6) is 1.79. The Labute approximate surface area is 172 Å². The number of likely N-dealkylation sites (tertiary alicyclic amines) is 1. The summed E-state index contributed by atoms with van der Waals surface area (Å²) in [4.78, 5) is 9.19. The van der Waals surface area contributed by atoms with Gasteiger partial charge in [0.1, 0.15) is 0 Å². The molecule has 0 spiro atoms. The number of ether oxygens (including phenoxy) is 1. The number of likely N-dealkylation sites (N-methyl/N-ethyl adjacent to an activating group) is 1. The average Bonchev–Trinajstić information content (AvgIpc) is 2.61. The summed E-state index contributed by atoms with van der Waals surface area (Å²) in [5.41, 5.74) is 0. The molecule has 0 bridgehead atoms. The summed E-state index contributed by atoms with van der Waals surface area (Å²) in [7, 11) is 5.75. The van der Waals surface area contributed by atoms with Crippen LogP contribution in [0, 0.1) is 5.92 Å². The van der Waals surface area contributed by atoms with Gasteiger partial charge in [0.2, 0.25) is 0 Å². The second kappa shape index (κ2) is 16.1. The first-order valence-corrected chi connectivity index (χ1v) is 9.54. The number of aliphatic imine (C=N–C) groups is 1. The van der Waals surface area contributed by atoms with Crippen molar-refractivity contribution in [2.45, 2.75) is 32.6 Å². The van der Waals surface area contributed by atoms with Crippen molar-refractivity contribution in [2.24, 2.45) is 10.9 Å². The lowest BCUT2D eigenvalue weighted by Crippen LogP contribution is -2.42. The van der Waals surface area contributed by atoms with Crippen LogP contribution in [0.5, 0.6) is 0 Å². The third kappa shape index (κ3) is 12.0. The molecule has 0 aromatic heterocycles. The van der Waals surface area contributed by atoms with Crippen molar-refractivity contribution in [3.8, 4) is 0 Å². The Hall–Kier alpha value is -0.120. The van der Waals surface area contributed by atoms with Gasteiger partial charge in [0.25, 0.3) is 0 Å². The van der Waals surface area contributed by atoms with E-state index in [1.54, 1.807) is 7.11 Å². The van der Waals surface area contributed by atoms with E-state index in [9.17, 15) is 0 Å². The zero-order valence-electron chi connectivity index (χ0n) is 16.7. The van der Waals surface area contributed by atoms with Crippen molar-refractivity contribution in [3.05, 3.63) is 0 Å². The molecule has 150 valence electrons. The summed E-state index contributed by atoms with van der Waals surface area (Å²) in [5, 5.41) is 6.86. The molecule has 1 aliphatic heterocycles. The second-order valence-electron chi connectivity index (χ2n) is 6.74. The zero-order valence-corrected chi connectivity index (χ0v) is 19.1.